The van der Waals surface area contributed by atoms with Crippen molar-refractivity contribution in [2.24, 2.45) is 27.6 Å². The number of aliphatic hydroxyl groups excluding tert-OH is 1. The second kappa shape index (κ2) is 8.90. The number of fused-ring (bicyclic) bond motifs is 3. The monoisotopic (exact) mass is 596 g/mol. The number of ether oxygens (including phenoxy) is 4. The first kappa shape index (κ1) is 29.3. The number of carbonyl (C=O) groups excluding carboxylic acids is 5. The maximum atomic E-state index is 14.8. The fraction of sp³-hybridized carbons (Fsp3) is 0.594. The van der Waals surface area contributed by atoms with Gasteiger partial charge in [0, 0.05) is 41.6 Å². The van der Waals surface area contributed by atoms with Crippen LogP contribution in [0.4, 0.5) is 0 Å². The Morgan fingerprint density at radius 2 is 1.81 bits per heavy atom. The van der Waals surface area contributed by atoms with E-state index in [4.69, 9.17) is 23.4 Å². The predicted molar refractivity (Wildman–Crippen MR) is 146 cm³/mol. The lowest BCUT2D eigenvalue weighted by atomic mass is 9.38. The zero-order valence-corrected chi connectivity index (χ0v) is 25.2. The number of rotatable bonds is 5. The van der Waals surface area contributed by atoms with Gasteiger partial charge in [0.15, 0.2) is 17.0 Å². The molecule has 2 heterocycles. The molecular formula is C32H36O11. The number of ketones is 2. The van der Waals surface area contributed by atoms with Crippen molar-refractivity contribution in [3.8, 4) is 0 Å². The number of hydrogen-bond donors (Lipinski definition) is 1. The molecule has 0 amide bonds. The quantitative estimate of drug-likeness (QED) is 0.229. The molecule has 230 valence electrons. The standard InChI is InChI=1S/C32H36O11/c1-8-20(35)42-26-22(41-15(2)33)24-28(3)11-9-18(34)29(4,27(38)39-7)23(28)21(36)25(37)31(24,6)32-19(43-32)13-17(30(26,32)5)16-10-12-40-14-16/h9-12,14,17,19,22,24,26,36H,8,13H2,1-7H3. The molecule has 1 N–H and O–H groups in total. The van der Waals surface area contributed by atoms with E-state index in [-0.39, 0.29) is 17.9 Å². The van der Waals surface area contributed by atoms with Crippen molar-refractivity contribution < 1.29 is 52.4 Å². The van der Waals surface area contributed by atoms with Crippen LogP contribution in [0.15, 0.2) is 46.5 Å². The Bertz CT molecular complexity index is 1520. The topological polar surface area (TPSA) is 159 Å². The number of esters is 3. The van der Waals surface area contributed by atoms with Gasteiger partial charge >= 0.3 is 17.9 Å². The summed E-state index contributed by atoms with van der Waals surface area (Å²) in [7, 11) is 1.12. The minimum atomic E-state index is -2.05. The first-order chi connectivity index (χ1) is 20.1. The van der Waals surface area contributed by atoms with Crippen molar-refractivity contribution >= 4 is 29.5 Å². The Balaban J connectivity index is 1.69. The van der Waals surface area contributed by atoms with E-state index < -0.39 is 86.7 Å². The maximum absolute atomic E-state index is 14.8. The highest BCUT2D eigenvalue weighted by Crippen LogP contribution is 2.81. The lowest BCUT2D eigenvalue weighted by Gasteiger charge is -2.65. The molecule has 0 radical (unpaired) electrons. The van der Waals surface area contributed by atoms with Gasteiger partial charge in [0.1, 0.15) is 17.8 Å². The average molecular weight is 597 g/mol. The molecule has 1 spiro atoms. The molecule has 6 rings (SSSR count). The lowest BCUT2D eigenvalue weighted by molar-refractivity contribution is -0.248. The number of epoxide rings is 1. The van der Waals surface area contributed by atoms with Gasteiger partial charge in [-0.3, -0.25) is 24.0 Å². The largest absolute Gasteiger partial charge is 0.504 e. The van der Waals surface area contributed by atoms with Crippen LogP contribution >= 0.6 is 0 Å². The Morgan fingerprint density at radius 3 is 2.40 bits per heavy atom. The van der Waals surface area contributed by atoms with Crippen molar-refractivity contribution in [2.45, 2.75) is 84.2 Å². The zero-order chi connectivity index (χ0) is 31.5. The number of allylic oxidation sites excluding steroid dienone is 3. The average Bonchev–Trinajstić information content (AvgIpc) is 3.32. The molecule has 1 saturated heterocycles. The van der Waals surface area contributed by atoms with Crippen LogP contribution in [-0.2, 0) is 42.9 Å². The molecule has 10 atom stereocenters. The first-order valence-corrected chi connectivity index (χ1v) is 14.5. The molecule has 0 bridgehead atoms. The first-order valence-electron chi connectivity index (χ1n) is 14.5. The van der Waals surface area contributed by atoms with Crippen LogP contribution in [-0.4, -0.2) is 65.6 Å². The highest BCUT2D eigenvalue weighted by Gasteiger charge is 2.92. The van der Waals surface area contributed by atoms with E-state index in [0.29, 0.717) is 6.42 Å². The third kappa shape index (κ3) is 3.16. The molecule has 43 heavy (non-hydrogen) atoms. The van der Waals surface area contributed by atoms with Gasteiger partial charge in [-0.25, -0.2) is 0 Å². The molecule has 1 aliphatic heterocycles. The van der Waals surface area contributed by atoms with Crippen molar-refractivity contribution in [3.05, 3.63) is 47.6 Å². The normalized spacial score (nSPS) is 44.1. The number of hydrogen-bond acceptors (Lipinski definition) is 11. The SMILES string of the molecule is CCC(=O)OC1C(OC(C)=O)C2C3(C)C=CC(=O)C(C)(C(=O)OC)C3=C(O)C(=O)C2(C)C23OC2CC(c2ccoc2)C13C. The zero-order valence-electron chi connectivity index (χ0n) is 25.2. The van der Waals surface area contributed by atoms with Gasteiger partial charge in [-0.15, -0.1) is 0 Å². The molecule has 1 aromatic rings. The van der Waals surface area contributed by atoms with E-state index in [1.54, 1.807) is 33.1 Å². The Hall–Kier alpha value is -3.73. The molecule has 0 aromatic carbocycles. The van der Waals surface area contributed by atoms with Crippen LogP contribution in [0, 0.1) is 27.6 Å². The van der Waals surface area contributed by atoms with Crippen LogP contribution in [0.3, 0.4) is 0 Å². The van der Waals surface area contributed by atoms with E-state index in [1.807, 2.05) is 6.92 Å². The van der Waals surface area contributed by atoms with Crippen LogP contribution in [0.2, 0.25) is 0 Å². The fourth-order valence-corrected chi connectivity index (χ4v) is 9.72. The molecule has 11 nitrogen and oxygen atoms in total. The van der Waals surface area contributed by atoms with Crippen molar-refractivity contribution in [1.29, 1.82) is 0 Å². The minimum Gasteiger partial charge on any atom is -0.504 e. The van der Waals surface area contributed by atoms with E-state index in [2.05, 4.69) is 0 Å². The Kier molecular flexibility index (Phi) is 6.08. The van der Waals surface area contributed by atoms with Crippen LogP contribution in [0.1, 0.15) is 65.9 Å². The number of carbonyl (C=O) groups is 5. The Morgan fingerprint density at radius 1 is 1.12 bits per heavy atom. The van der Waals surface area contributed by atoms with Gasteiger partial charge in [0.05, 0.1) is 31.2 Å². The van der Waals surface area contributed by atoms with Gasteiger partial charge in [0.25, 0.3) is 0 Å². The number of Topliss-reactive ketones (excluding diaryl/α,β-unsaturated/α-hetero) is 1. The van der Waals surface area contributed by atoms with Gasteiger partial charge in [-0.1, -0.05) is 26.8 Å². The minimum absolute atomic E-state index is 0.0337. The number of furan rings is 1. The van der Waals surface area contributed by atoms with Gasteiger partial charge in [-0.05, 0) is 38.0 Å². The number of methoxy groups -OCH3 is 1. The molecule has 4 aliphatic carbocycles. The molecular weight excluding hydrogens is 560 g/mol. The van der Waals surface area contributed by atoms with Gasteiger partial charge in [0.2, 0.25) is 5.78 Å². The highest BCUT2D eigenvalue weighted by molar-refractivity contribution is 6.15. The highest BCUT2D eigenvalue weighted by atomic mass is 16.6. The van der Waals surface area contributed by atoms with Gasteiger partial charge in [-0.2, -0.15) is 0 Å². The summed E-state index contributed by atoms with van der Waals surface area (Å²) in [5.74, 6) is -5.70. The second-order valence-corrected chi connectivity index (χ2v) is 13.1. The molecule has 2 saturated carbocycles. The maximum Gasteiger partial charge on any atom is 0.323 e. The number of aliphatic hydroxyl groups is 1. The summed E-state index contributed by atoms with van der Waals surface area (Å²) in [5, 5.41) is 11.8. The summed E-state index contributed by atoms with van der Waals surface area (Å²) in [4.78, 5) is 67.3. The Labute approximate surface area is 248 Å². The third-order valence-electron chi connectivity index (χ3n) is 11.4. The van der Waals surface area contributed by atoms with Crippen LogP contribution in [0.25, 0.3) is 0 Å². The van der Waals surface area contributed by atoms with Crippen molar-refractivity contribution in [3.63, 3.8) is 0 Å². The summed E-state index contributed by atoms with van der Waals surface area (Å²) in [6.45, 7) is 9.42. The molecule has 1 aromatic heterocycles. The molecule has 10 unspecified atom stereocenters. The fourth-order valence-electron chi connectivity index (χ4n) is 9.72. The smallest absolute Gasteiger partial charge is 0.323 e. The summed E-state index contributed by atoms with van der Waals surface area (Å²) in [5.41, 5.74) is -6.81. The van der Waals surface area contributed by atoms with Gasteiger partial charge < -0.3 is 28.5 Å². The van der Waals surface area contributed by atoms with Crippen LogP contribution < -0.4 is 0 Å². The van der Waals surface area contributed by atoms with Crippen molar-refractivity contribution in [1.82, 2.24) is 0 Å². The molecule has 5 aliphatic rings. The van der Waals surface area contributed by atoms with E-state index in [1.165, 1.54) is 32.3 Å². The predicted octanol–water partition coefficient (Wildman–Crippen LogP) is 3.52. The third-order valence-corrected chi connectivity index (χ3v) is 11.4. The van der Waals surface area contributed by atoms with Crippen LogP contribution in [0.5, 0.6) is 0 Å². The van der Waals surface area contributed by atoms with E-state index in [9.17, 15) is 29.1 Å². The second-order valence-electron chi connectivity index (χ2n) is 13.1. The van der Waals surface area contributed by atoms with E-state index in [0.717, 1.165) is 12.7 Å². The summed E-state index contributed by atoms with van der Waals surface area (Å²) < 4.78 is 29.3. The summed E-state index contributed by atoms with van der Waals surface area (Å²) in [6.07, 6.45) is 3.54. The molecule has 3 fully saturated rings. The lowest BCUT2D eigenvalue weighted by Crippen LogP contribution is -2.76. The summed E-state index contributed by atoms with van der Waals surface area (Å²) in [6, 6.07) is 1.80. The van der Waals surface area contributed by atoms with E-state index >= 15 is 0 Å². The summed E-state index contributed by atoms with van der Waals surface area (Å²) >= 11 is 0. The van der Waals surface area contributed by atoms with Crippen molar-refractivity contribution in [2.75, 3.05) is 7.11 Å². The molecule has 11 heteroatoms.